The van der Waals surface area contributed by atoms with Crippen molar-refractivity contribution in [2.75, 3.05) is 25.0 Å². The number of carbonyl (C=O) groups is 2. The molecule has 0 aliphatic rings. The summed E-state index contributed by atoms with van der Waals surface area (Å²) in [5, 5.41) is 13.7. The molecule has 0 aliphatic heterocycles. The second-order valence-corrected chi connectivity index (χ2v) is 8.98. The first kappa shape index (κ1) is 25.2. The highest BCUT2D eigenvalue weighted by Crippen LogP contribution is 2.25. The van der Waals surface area contributed by atoms with Gasteiger partial charge in [-0.05, 0) is 36.8 Å². The zero-order valence-corrected chi connectivity index (χ0v) is 19.2. The Morgan fingerprint density at radius 2 is 1.81 bits per heavy atom. The van der Waals surface area contributed by atoms with Crippen LogP contribution in [0.5, 0.6) is 0 Å². The summed E-state index contributed by atoms with van der Waals surface area (Å²) >= 11 is 5.71. The largest absolute Gasteiger partial charge is 0.452 e. The smallest absolute Gasteiger partial charge is 0.345 e. The number of halogens is 1. The summed E-state index contributed by atoms with van der Waals surface area (Å²) in [6.07, 6.45) is 0. The molecule has 172 valence electrons. The molecule has 12 heteroatoms. The summed E-state index contributed by atoms with van der Waals surface area (Å²) in [5.74, 6) is -1.81. The molecule has 0 spiro atoms. The molecule has 0 fully saturated rings. The first-order valence-electron chi connectivity index (χ1n) is 9.53. The predicted molar refractivity (Wildman–Crippen MR) is 118 cm³/mol. The van der Waals surface area contributed by atoms with Crippen molar-refractivity contribution >= 4 is 44.9 Å². The average Bonchev–Trinajstić information content (AvgIpc) is 2.74. The van der Waals surface area contributed by atoms with E-state index in [1.165, 1.54) is 22.5 Å². The third-order valence-corrected chi connectivity index (χ3v) is 6.82. The molecule has 10 nitrogen and oxygen atoms in total. The third kappa shape index (κ3) is 5.81. The summed E-state index contributed by atoms with van der Waals surface area (Å²) in [6.45, 7) is 4.97. The number of benzene rings is 2. The van der Waals surface area contributed by atoms with Crippen LogP contribution in [0.25, 0.3) is 0 Å². The molecule has 0 bridgehead atoms. The predicted octanol–water partition coefficient (Wildman–Crippen LogP) is 3.38. The summed E-state index contributed by atoms with van der Waals surface area (Å²) in [6, 6.07) is 7.74. The van der Waals surface area contributed by atoms with Gasteiger partial charge in [0.2, 0.25) is 10.0 Å². The minimum atomic E-state index is -3.73. The fourth-order valence-electron chi connectivity index (χ4n) is 2.83. The number of amides is 1. The highest BCUT2D eigenvalue weighted by molar-refractivity contribution is 7.89. The highest BCUT2D eigenvalue weighted by atomic mass is 35.5. The van der Waals surface area contributed by atoms with Gasteiger partial charge >= 0.3 is 5.97 Å². The number of rotatable bonds is 9. The molecule has 0 radical (unpaired) electrons. The Balaban J connectivity index is 2.14. The van der Waals surface area contributed by atoms with Crippen LogP contribution < -0.4 is 5.32 Å². The number of esters is 1. The van der Waals surface area contributed by atoms with E-state index in [9.17, 15) is 28.1 Å². The maximum Gasteiger partial charge on any atom is 0.345 e. The molecule has 0 unspecified atom stereocenters. The summed E-state index contributed by atoms with van der Waals surface area (Å²) in [7, 11) is -3.73. The lowest BCUT2D eigenvalue weighted by Crippen LogP contribution is -2.30. The van der Waals surface area contributed by atoms with Gasteiger partial charge in [-0.2, -0.15) is 4.31 Å². The molecule has 0 aliphatic carbocycles. The van der Waals surface area contributed by atoms with Crippen LogP contribution in [0.3, 0.4) is 0 Å². The lowest BCUT2D eigenvalue weighted by molar-refractivity contribution is -0.385. The lowest BCUT2D eigenvalue weighted by atomic mass is 10.2. The Kier molecular flexibility index (Phi) is 8.31. The number of nitro benzene ring substituents is 1. The molecule has 2 aromatic rings. The van der Waals surface area contributed by atoms with Crippen LogP contribution in [-0.4, -0.2) is 49.2 Å². The molecular weight excluding hydrogens is 462 g/mol. The number of sulfonamides is 1. The van der Waals surface area contributed by atoms with E-state index in [0.717, 1.165) is 12.1 Å². The number of nitrogens with zero attached hydrogens (tertiary/aromatic N) is 2. The molecular formula is C20H22ClN3O7S. The number of ether oxygens (including phenoxy) is 1. The van der Waals surface area contributed by atoms with E-state index in [1.54, 1.807) is 26.8 Å². The van der Waals surface area contributed by atoms with Crippen molar-refractivity contribution < 1.29 is 27.7 Å². The normalized spacial score (nSPS) is 11.3. The van der Waals surface area contributed by atoms with E-state index in [2.05, 4.69) is 5.32 Å². The van der Waals surface area contributed by atoms with Gasteiger partial charge in [0, 0.05) is 29.9 Å². The molecule has 1 N–H and O–H groups in total. The Morgan fingerprint density at radius 1 is 1.16 bits per heavy atom. The molecule has 2 rings (SSSR count). The molecule has 0 saturated heterocycles. The van der Waals surface area contributed by atoms with Crippen LogP contribution in [0.2, 0.25) is 5.02 Å². The number of carbonyl (C=O) groups excluding carboxylic acids is 2. The SMILES string of the molecule is CCN(CC)S(=O)(=O)c1ccc(C)c(NC(=O)COC(=O)c2ccc(Cl)cc2[N+](=O)[O-])c1. The van der Waals surface area contributed by atoms with Crippen LogP contribution in [0, 0.1) is 17.0 Å². The van der Waals surface area contributed by atoms with Crippen LogP contribution in [0.15, 0.2) is 41.3 Å². The number of aryl methyl sites for hydroxylation is 1. The van der Waals surface area contributed by atoms with Gasteiger partial charge in [-0.15, -0.1) is 0 Å². The number of hydrogen-bond donors (Lipinski definition) is 1. The van der Waals surface area contributed by atoms with Crippen molar-refractivity contribution in [3.63, 3.8) is 0 Å². The molecule has 32 heavy (non-hydrogen) atoms. The molecule has 0 heterocycles. The van der Waals surface area contributed by atoms with Gasteiger partial charge in [0.15, 0.2) is 6.61 Å². The van der Waals surface area contributed by atoms with E-state index in [0.29, 0.717) is 18.7 Å². The quantitative estimate of drug-likeness (QED) is 0.328. The van der Waals surface area contributed by atoms with E-state index < -0.39 is 39.1 Å². The van der Waals surface area contributed by atoms with Gasteiger partial charge in [0.1, 0.15) is 5.56 Å². The fourth-order valence-corrected chi connectivity index (χ4v) is 4.48. The van der Waals surface area contributed by atoms with Crippen LogP contribution in [0.4, 0.5) is 11.4 Å². The Morgan fingerprint density at radius 3 is 2.41 bits per heavy atom. The van der Waals surface area contributed by atoms with Gasteiger partial charge in [-0.1, -0.05) is 31.5 Å². The van der Waals surface area contributed by atoms with E-state index in [-0.39, 0.29) is 21.2 Å². The van der Waals surface area contributed by atoms with Crippen molar-refractivity contribution in [2.24, 2.45) is 0 Å². The third-order valence-electron chi connectivity index (χ3n) is 4.54. The summed E-state index contributed by atoms with van der Waals surface area (Å²) in [5.41, 5.74) is -0.0722. The average molecular weight is 484 g/mol. The molecule has 2 aromatic carbocycles. The zero-order chi connectivity index (χ0) is 24.1. The van der Waals surface area contributed by atoms with Crippen molar-refractivity contribution in [1.29, 1.82) is 0 Å². The first-order chi connectivity index (χ1) is 15.0. The fraction of sp³-hybridized carbons (Fsp3) is 0.300. The van der Waals surface area contributed by atoms with Gasteiger partial charge < -0.3 is 10.1 Å². The maximum absolute atomic E-state index is 12.7. The van der Waals surface area contributed by atoms with E-state index in [4.69, 9.17) is 16.3 Å². The van der Waals surface area contributed by atoms with Crippen LogP contribution >= 0.6 is 11.6 Å². The zero-order valence-electron chi connectivity index (χ0n) is 17.6. The van der Waals surface area contributed by atoms with Crippen molar-refractivity contribution in [3.05, 3.63) is 62.7 Å². The van der Waals surface area contributed by atoms with Crippen LogP contribution in [-0.2, 0) is 19.6 Å². The highest BCUT2D eigenvalue weighted by Gasteiger charge is 2.24. The van der Waals surface area contributed by atoms with Gasteiger partial charge in [-0.25, -0.2) is 13.2 Å². The molecule has 0 atom stereocenters. The minimum absolute atomic E-state index is 0.0101. The van der Waals surface area contributed by atoms with E-state index in [1.807, 2.05) is 0 Å². The van der Waals surface area contributed by atoms with Gasteiger partial charge in [-0.3, -0.25) is 14.9 Å². The van der Waals surface area contributed by atoms with E-state index >= 15 is 0 Å². The summed E-state index contributed by atoms with van der Waals surface area (Å²) in [4.78, 5) is 34.8. The number of nitro groups is 1. The first-order valence-corrected chi connectivity index (χ1v) is 11.3. The second-order valence-electron chi connectivity index (χ2n) is 6.61. The van der Waals surface area contributed by atoms with Gasteiger partial charge in [0.05, 0.1) is 9.82 Å². The Bertz CT molecular complexity index is 1150. The van der Waals surface area contributed by atoms with Crippen molar-refractivity contribution in [1.82, 2.24) is 4.31 Å². The van der Waals surface area contributed by atoms with Gasteiger partial charge in [0.25, 0.3) is 11.6 Å². The lowest BCUT2D eigenvalue weighted by Gasteiger charge is -2.19. The summed E-state index contributed by atoms with van der Waals surface area (Å²) < 4.78 is 31.6. The topological polar surface area (TPSA) is 136 Å². The maximum atomic E-state index is 12.7. The number of anilines is 1. The minimum Gasteiger partial charge on any atom is -0.452 e. The number of hydrogen-bond acceptors (Lipinski definition) is 7. The van der Waals surface area contributed by atoms with Crippen LogP contribution in [0.1, 0.15) is 29.8 Å². The molecule has 1 amide bonds. The molecule has 0 saturated carbocycles. The monoisotopic (exact) mass is 483 g/mol. The van der Waals surface area contributed by atoms with Crippen molar-refractivity contribution in [3.8, 4) is 0 Å². The Labute approximate surface area is 190 Å². The number of nitrogens with one attached hydrogen (secondary N) is 1. The standard InChI is InChI=1S/C20H22ClN3O7S/c1-4-23(5-2)32(29,30)15-8-6-13(3)17(11-15)22-19(25)12-31-20(26)16-9-7-14(21)10-18(16)24(27)28/h6-11H,4-5,12H2,1-3H3,(H,22,25). The second kappa shape index (κ2) is 10.5. The van der Waals surface area contributed by atoms with Crippen molar-refractivity contribution in [2.45, 2.75) is 25.7 Å². The molecule has 0 aromatic heterocycles. The Hall–Kier alpha value is -3.02.